The number of imide groups is 1. The fourth-order valence-corrected chi connectivity index (χ4v) is 2.81. The lowest BCUT2D eigenvalue weighted by atomic mass is 9.78. The van der Waals surface area contributed by atoms with Crippen LogP contribution in [-0.2, 0) is 16.1 Å². The van der Waals surface area contributed by atoms with E-state index in [2.05, 4.69) is 0 Å². The molecule has 2 amide bonds. The van der Waals surface area contributed by atoms with Crippen LogP contribution in [0.25, 0.3) is 0 Å². The molecule has 3 nitrogen and oxygen atoms in total. The first-order chi connectivity index (χ1) is 9.25. The SMILES string of the molecule is CC(C)C1(C)CC(=O)N(Cc2ccc(Cl)cc2Cl)C1=O. The molecular weight excluding hydrogens is 297 g/mol. The molecular formula is C15H17Cl2NO2. The van der Waals surface area contributed by atoms with E-state index in [1.54, 1.807) is 18.2 Å². The van der Waals surface area contributed by atoms with Gasteiger partial charge in [0.2, 0.25) is 11.8 Å². The maximum absolute atomic E-state index is 12.5. The Morgan fingerprint density at radius 3 is 2.45 bits per heavy atom. The molecule has 0 bridgehead atoms. The minimum Gasteiger partial charge on any atom is -0.278 e. The van der Waals surface area contributed by atoms with Crippen molar-refractivity contribution in [2.45, 2.75) is 33.7 Å². The van der Waals surface area contributed by atoms with Gasteiger partial charge in [0.1, 0.15) is 0 Å². The van der Waals surface area contributed by atoms with E-state index in [0.717, 1.165) is 5.56 Å². The van der Waals surface area contributed by atoms with Crippen LogP contribution in [0.3, 0.4) is 0 Å². The van der Waals surface area contributed by atoms with Crippen molar-refractivity contribution in [3.63, 3.8) is 0 Å². The van der Waals surface area contributed by atoms with Gasteiger partial charge in [-0.15, -0.1) is 0 Å². The standard InChI is InChI=1S/C15H17Cl2NO2/c1-9(2)15(3)7-13(19)18(14(15)20)8-10-4-5-11(16)6-12(10)17/h4-6,9H,7-8H2,1-3H3. The summed E-state index contributed by atoms with van der Waals surface area (Å²) in [5.41, 5.74) is 0.112. The van der Waals surface area contributed by atoms with Crippen molar-refractivity contribution >= 4 is 35.0 Å². The van der Waals surface area contributed by atoms with Gasteiger partial charge >= 0.3 is 0 Å². The molecule has 2 rings (SSSR count). The highest BCUT2D eigenvalue weighted by molar-refractivity contribution is 6.35. The van der Waals surface area contributed by atoms with Crippen LogP contribution in [0.4, 0.5) is 0 Å². The molecule has 1 aromatic carbocycles. The van der Waals surface area contributed by atoms with Crippen LogP contribution >= 0.6 is 23.2 Å². The fourth-order valence-electron chi connectivity index (χ4n) is 2.34. The van der Waals surface area contributed by atoms with E-state index in [1.807, 2.05) is 20.8 Å². The summed E-state index contributed by atoms with van der Waals surface area (Å²) in [6.07, 6.45) is 0.259. The number of hydrogen-bond acceptors (Lipinski definition) is 2. The molecule has 1 heterocycles. The molecule has 0 radical (unpaired) electrons. The van der Waals surface area contributed by atoms with Crippen LogP contribution < -0.4 is 0 Å². The number of benzene rings is 1. The lowest BCUT2D eigenvalue weighted by Gasteiger charge is -2.26. The van der Waals surface area contributed by atoms with E-state index in [9.17, 15) is 9.59 Å². The highest BCUT2D eigenvalue weighted by Gasteiger charge is 2.49. The lowest BCUT2D eigenvalue weighted by Crippen LogP contribution is -2.36. The van der Waals surface area contributed by atoms with Gasteiger partial charge < -0.3 is 0 Å². The van der Waals surface area contributed by atoms with Gasteiger partial charge in [-0.2, -0.15) is 0 Å². The average molecular weight is 314 g/mol. The maximum atomic E-state index is 12.5. The molecule has 1 fully saturated rings. The summed E-state index contributed by atoms with van der Waals surface area (Å²) in [5, 5.41) is 1.00. The fraction of sp³-hybridized carbons (Fsp3) is 0.467. The Kier molecular flexibility index (Phi) is 4.12. The molecule has 108 valence electrons. The molecule has 0 spiro atoms. The van der Waals surface area contributed by atoms with Crippen LogP contribution in [0.1, 0.15) is 32.8 Å². The number of likely N-dealkylation sites (tertiary alicyclic amines) is 1. The lowest BCUT2D eigenvalue weighted by molar-refractivity contribution is -0.142. The highest BCUT2D eigenvalue weighted by atomic mass is 35.5. The molecule has 1 aliphatic rings. The molecule has 1 aliphatic heterocycles. The number of nitrogens with zero attached hydrogens (tertiary/aromatic N) is 1. The number of amides is 2. The van der Waals surface area contributed by atoms with Gasteiger partial charge in [-0.1, -0.05) is 43.1 Å². The van der Waals surface area contributed by atoms with Gasteiger partial charge in [0, 0.05) is 16.5 Å². The molecule has 1 atom stereocenters. The molecule has 1 unspecified atom stereocenters. The van der Waals surface area contributed by atoms with Crippen molar-refractivity contribution in [1.29, 1.82) is 0 Å². The zero-order valence-electron chi connectivity index (χ0n) is 11.7. The molecule has 5 heteroatoms. The Balaban J connectivity index is 2.26. The smallest absolute Gasteiger partial charge is 0.236 e. The third-order valence-electron chi connectivity index (χ3n) is 4.17. The van der Waals surface area contributed by atoms with Gasteiger partial charge in [-0.05, 0) is 30.5 Å². The minimum atomic E-state index is -0.615. The second-order valence-corrected chi connectivity index (χ2v) is 6.61. The summed E-state index contributed by atoms with van der Waals surface area (Å²) in [5.74, 6) is -0.148. The maximum Gasteiger partial charge on any atom is 0.236 e. The monoisotopic (exact) mass is 313 g/mol. The third-order valence-corrected chi connectivity index (χ3v) is 4.76. The van der Waals surface area contributed by atoms with Crippen LogP contribution in [0.15, 0.2) is 18.2 Å². The zero-order chi connectivity index (χ0) is 15.1. The van der Waals surface area contributed by atoms with Crippen molar-refractivity contribution in [3.05, 3.63) is 33.8 Å². The van der Waals surface area contributed by atoms with Crippen molar-refractivity contribution in [3.8, 4) is 0 Å². The first kappa shape index (κ1) is 15.3. The predicted molar refractivity (Wildman–Crippen MR) is 79.6 cm³/mol. The molecule has 20 heavy (non-hydrogen) atoms. The van der Waals surface area contributed by atoms with Crippen molar-refractivity contribution in [1.82, 2.24) is 4.90 Å². The third kappa shape index (κ3) is 2.57. The minimum absolute atomic E-state index is 0.115. The molecule has 1 saturated heterocycles. The molecule has 1 aromatic rings. The predicted octanol–water partition coefficient (Wildman–Crippen LogP) is 3.91. The number of rotatable bonds is 3. The summed E-state index contributed by atoms with van der Waals surface area (Å²) in [6, 6.07) is 5.07. The van der Waals surface area contributed by atoms with E-state index >= 15 is 0 Å². The summed E-state index contributed by atoms with van der Waals surface area (Å²) in [4.78, 5) is 25.9. The van der Waals surface area contributed by atoms with Crippen molar-refractivity contribution in [2.75, 3.05) is 0 Å². The van der Waals surface area contributed by atoms with Gasteiger partial charge in [0.25, 0.3) is 0 Å². The van der Waals surface area contributed by atoms with E-state index in [4.69, 9.17) is 23.2 Å². The molecule has 0 aromatic heterocycles. The quantitative estimate of drug-likeness (QED) is 0.793. The van der Waals surface area contributed by atoms with E-state index < -0.39 is 5.41 Å². The van der Waals surface area contributed by atoms with Gasteiger partial charge in [0.15, 0.2) is 0 Å². The van der Waals surface area contributed by atoms with E-state index in [1.165, 1.54) is 4.90 Å². The highest BCUT2D eigenvalue weighted by Crippen LogP contribution is 2.40. The largest absolute Gasteiger partial charge is 0.278 e. The second-order valence-electron chi connectivity index (χ2n) is 5.77. The van der Waals surface area contributed by atoms with Gasteiger partial charge in [-0.3, -0.25) is 14.5 Å². The van der Waals surface area contributed by atoms with Crippen LogP contribution in [0, 0.1) is 11.3 Å². The van der Waals surface area contributed by atoms with Crippen molar-refractivity contribution < 1.29 is 9.59 Å². The summed E-state index contributed by atoms with van der Waals surface area (Å²) in [7, 11) is 0. The van der Waals surface area contributed by atoms with Crippen molar-refractivity contribution in [2.24, 2.45) is 11.3 Å². The topological polar surface area (TPSA) is 37.4 Å². The Labute approximate surface area is 128 Å². The summed E-state index contributed by atoms with van der Waals surface area (Å²) >= 11 is 11.9. The second kappa shape index (κ2) is 5.38. The normalized spacial score (nSPS) is 23.0. The Morgan fingerprint density at radius 1 is 1.30 bits per heavy atom. The van der Waals surface area contributed by atoms with Gasteiger partial charge in [0.05, 0.1) is 12.0 Å². The number of hydrogen-bond donors (Lipinski definition) is 0. The van der Waals surface area contributed by atoms with Crippen LogP contribution in [0.2, 0.25) is 10.0 Å². The van der Waals surface area contributed by atoms with E-state index in [-0.39, 0.29) is 30.7 Å². The van der Waals surface area contributed by atoms with Crippen LogP contribution in [-0.4, -0.2) is 16.7 Å². The Morgan fingerprint density at radius 2 is 1.95 bits per heavy atom. The molecule has 0 aliphatic carbocycles. The number of carbonyl (C=O) groups excluding carboxylic acids is 2. The molecule has 0 N–H and O–H groups in total. The first-order valence-electron chi connectivity index (χ1n) is 6.54. The average Bonchev–Trinajstić information content (AvgIpc) is 2.57. The molecule has 0 saturated carbocycles. The summed E-state index contributed by atoms with van der Waals surface area (Å²) in [6.45, 7) is 5.98. The summed E-state index contributed by atoms with van der Waals surface area (Å²) < 4.78 is 0. The number of halogens is 2. The Bertz CT molecular complexity index is 571. The van der Waals surface area contributed by atoms with Crippen LogP contribution in [0.5, 0.6) is 0 Å². The zero-order valence-corrected chi connectivity index (χ0v) is 13.3. The first-order valence-corrected chi connectivity index (χ1v) is 7.30. The Hall–Kier alpha value is -1.06. The van der Waals surface area contributed by atoms with Gasteiger partial charge in [-0.25, -0.2) is 0 Å². The van der Waals surface area contributed by atoms with E-state index in [0.29, 0.717) is 10.0 Å². The number of carbonyl (C=O) groups is 2.